The van der Waals surface area contributed by atoms with E-state index in [0.29, 0.717) is 5.69 Å². The molecule has 0 aliphatic heterocycles. The number of nitrogens with one attached hydrogen (secondary N) is 1. The van der Waals surface area contributed by atoms with Crippen LogP contribution in [-0.4, -0.2) is 50.7 Å². The van der Waals surface area contributed by atoms with Crippen LogP contribution in [0.15, 0.2) is 24.4 Å². The monoisotopic (exact) mass is 337 g/mol. The lowest BCUT2D eigenvalue weighted by Gasteiger charge is -2.12. The molecule has 0 amide bonds. The second-order valence-corrected chi connectivity index (χ2v) is 5.25. The number of H-pyrrole nitrogens is 1. The third kappa shape index (κ3) is 3.07. The quantitative estimate of drug-likeness (QED) is 0.772. The highest BCUT2D eigenvalue weighted by molar-refractivity contribution is 5.63. The van der Waals surface area contributed by atoms with Crippen molar-refractivity contribution < 1.29 is 13.2 Å². The van der Waals surface area contributed by atoms with Gasteiger partial charge in [0.15, 0.2) is 11.6 Å². The molecule has 7 nitrogen and oxygen atoms in total. The fourth-order valence-corrected chi connectivity index (χ4v) is 2.18. The molecule has 3 aromatic rings. The van der Waals surface area contributed by atoms with Gasteiger partial charge in [0.05, 0.1) is 11.8 Å². The molecule has 0 unspecified atom stereocenters. The zero-order chi connectivity index (χ0) is 17.3. The molecule has 1 aromatic carbocycles. The Kier molecular flexibility index (Phi) is 4.19. The molecule has 0 fully saturated rings. The summed E-state index contributed by atoms with van der Waals surface area (Å²) in [5.41, 5.74) is 1.04. The van der Waals surface area contributed by atoms with Crippen LogP contribution in [0.4, 0.5) is 18.9 Å². The number of nitrogens with zero attached hydrogens (tertiary/aromatic N) is 6. The summed E-state index contributed by atoms with van der Waals surface area (Å²) < 4.78 is 40.9. The van der Waals surface area contributed by atoms with Crippen LogP contribution in [0.1, 0.15) is 0 Å². The van der Waals surface area contributed by atoms with Gasteiger partial charge in [-0.2, -0.15) is 20.5 Å². The molecule has 0 atom stereocenters. The zero-order valence-corrected chi connectivity index (χ0v) is 12.9. The summed E-state index contributed by atoms with van der Waals surface area (Å²) in [5, 5.41) is 13.8. The van der Waals surface area contributed by atoms with Crippen molar-refractivity contribution in [2.45, 2.75) is 13.0 Å². The highest BCUT2D eigenvalue weighted by Crippen LogP contribution is 2.26. The van der Waals surface area contributed by atoms with Crippen LogP contribution < -0.4 is 4.90 Å². The summed E-state index contributed by atoms with van der Waals surface area (Å²) >= 11 is 0. The Hall–Kier alpha value is -2.91. The van der Waals surface area contributed by atoms with Gasteiger partial charge < -0.3 is 4.90 Å². The van der Waals surface area contributed by atoms with Gasteiger partial charge in [0.2, 0.25) is 0 Å². The molecule has 0 aliphatic carbocycles. The number of aromatic nitrogens is 6. The lowest BCUT2D eigenvalue weighted by molar-refractivity contribution is 0.122. The number of rotatable bonds is 5. The molecule has 0 radical (unpaired) electrons. The molecule has 1 N–H and O–H groups in total. The molecule has 0 spiro atoms. The van der Waals surface area contributed by atoms with Crippen molar-refractivity contribution in [3.8, 4) is 22.9 Å². The van der Waals surface area contributed by atoms with Crippen molar-refractivity contribution in [3.63, 3.8) is 0 Å². The molecule has 10 heteroatoms. The molecule has 2 heterocycles. The third-order valence-electron chi connectivity index (χ3n) is 3.34. The Morgan fingerprint density at radius 2 is 2.08 bits per heavy atom. The predicted molar refractivity (Wildman–Crippen MR) is 81.1 cm³/mol. The minimum atomic E-state index is -2.63. The maximum Gasteiger partial charge on any atom is 0.258 e. The molecule has 2 aromatic heterocycles. The van der Waals surface area contributed by atoms with E-state index in [1.165, 1.54) is 18.3 Å². The van der Waals surface area contributed by atoms with Gasteiger partial charge >= 0.3 is 0 Å². The van der Waals surface area contributed by atoms with Crippen molar-refractivity contribution in [3.05, 3.63) is 30.2 Å². The van der Waals surface area contributed by atoms with Crippen molar-refractivity contribution in [1.82, 2.24) is 30.2 Å². The van der Waals surface area contributed by atoms with Crippen molar-refractivity contribution in [1.29, 1.82) is 0 Å². The average Bonchev–Trinajstić information content (AvgIpc) is 3.15. The van der Waals surface area contributed by atoms with Crippen LogP contribution in [0.2, 0.25) is 0 Å². The van der Waals surface area contributed by atoms with E-state index in [1.54, 1.807) is 25.1 Å². The first-order chi connectivity index (χ1) is 11.5. The standard InChI is InChI=1S/C14H14F3N7/c1-23(2)8-3-4-9(10(15)5-8)13-19-14(11-6-18-22-20-11)24(21-13)7-12(16)17/h3-6,12H,7H2,1-2H3,(H,18,20,22). The Balaban J connectivity index is 2.06. The van der Waals surface area contributed by atoms with Gasteiger partial charge in [-0.1, -0.05) is 0 Å². The molecule has 126 valence electrons. The van der Waals surface area contributed by atoms with Gasteiger partial charge in [0.25, 0.3) is 6.43 Å². The SMILES string of the molecule is CN(C)c1ccc(-c2nc(-c3cn[nH]n3)n(CC(F)F)n2)c(F)c1. The van der Waals surface area contributed by atoms with E-state index in [9.17, 15) is 13.2 Å². The first kappa shape index (κ1) is 16.0. The van der Waals surface area contributed by atoms with Crippen LogP contribution >= 0.6 is 0 Å². The maximum absolute atomic E-state index is 14.3. The molecular weight excluding hydrogens is 323 g/mol. The van der Waals surface area contributed by atoms with E-state index < -0.39 is 18.8 Å². The van der Waals surface area contributed by atoms with Gasteiger partial charge in [-0.25, -0.2) is 22.8 Å². The Bertz CT molecular complexity index is 827. The van der Waals surface area contributed by atoms with Gasteiger partial charge in [-0.3, -0.25) is 0 Å². The Labute approximate surface area is 135 Å². The summed E-state index contributed by atoms with van der Waals surface area (Å²) in [5.74, 6) is -0.436. The maximum atomic E-state index is 14.3. The van der Waals surface area contributed by atoms with E-state index in [-0.39, 0.29) is 22.9 Å². The summed E-state index contributed by atoms with van der Waals surface area (Å²) in [4.78, 5) is 5.90. The van der Waals surface area contributed by atoms with Crippen LogP contribution in [0, 0.1) is 5.82 Å². The Morgan fingerprint density at radius 1 is 1.29 bits per heavy atom. The van der Waals surface area contributed by atoms with Gasteiger partial charge in [0, 0.05) is 19.8 Å². The largest absolute Gasteiger partial charge is 0.378 e. The van der Waals surface area contributed by atoms with E-state index in [4.69, 9.17) is 0 Å². The Morgan fingerprint density at radius 3 is 2.67 bits per heavy atom. The number of hydrogen-bond donors (Lipinski definition) is 1. The normalized spacial score (nSPS) is 11.2. The van der Waals surface area contributed by atoms with Gasteiger partial charge in [-0.05, 0) is 18.2 Å². The van der Waals surface area contributed by atoms with E-state index in [0.717, 1.165) is 4.68 Å². The fraction of sp³-hybridized carbons (Fsp3) is 0.286. The lowest BCUT2D eigenvalue weighted by Crippen LogP contribution is -2.10. The second-order valence-electron chi connectivity index (χ2n) is 5.25. The van der Waals surface area contributed by atoms with Gasteiger partial charge in [-0.15, -0.1) is 0 Å². The number of aromatic amines is 1. The van der Waals surface area contributed by atoms with Crippen molar-refractivity contribution in [2.75, 3.05) is 19.0 Å². The second kappa shape index (κ2) is 6.30. The minimum Gasteiger partial charge on any atom is -0.378 e. The van der Waals surface area contributed by atoms with Crippen LogP contribution in [0.25, 0.3) is 22.9 Å². The molecule has 0 bridgehead atoms. The van der Waals surface area contributed by atoms with Gasteiger partial charge in [0.1, 0.15) is 18.1 Å². The highest BCUT2D eigenvalue weighted by atomic mass is 19.3. The van der Waals surface area contributed by atoms with E-state index in [2.05, 4.69) is 25.5 Å². The minimum absolute atomic E-state index is 0.0106. The smallest absolute Gasteiger partial charge is 0.258 e. The van der Waals surface area contributed by atoms with Crippen molar-refractivity contribution in [2.24, 2.45) is 0 Å². The molecule has 0 saturated heterocycles. The molecule has 24 heavy (non-hydrogen) atoms. The first-order valence-electron chi connectivity index (χ1n) is 7.02. The zero-order valence-electron chi connectivity index (χ0n) is 12.9. The molecular formula is C14H14F3N7. The number of benzene rings is 1. The summed E-state index contributed by atoms with van der Waals surface area (Å²) in [6, 6.07) is 4.54. The lowest BCUT2D eigenvalue weighted by atomic mass is 10.1. The number of hydrogen-bond acceptors (Lipinski definition) is 5. The highest BCUT2D eigenvalue weighted by Gasteiger charge is 2.20. The first-order valence-corrected chi connectivity index (χ1v) is 7.02. The summed E-state index contributed by atoms with van der Waals surface area (Å²) in [6.45, 7) is -0.674. The predicted octanol–water partition coefficient (Wildman–Crippen LogP) is 2.20. The van der Waals surface area contributed by atoms with Crippen molar-refractivity contribution >= 4 is 5.69 Å². The summed E-state index contributed by atoms with van der Waals surface area (Å²) in [7, 11) is 3.57. The number of alkyl halides is 2. The molecule has 0 aliphatic rings. The average molecular weight is 337 g/mol. The topological polar surface area (TPSA) is 75.5 Å². The van der Waals surface area contributed by atoms with E-state index >= 15 is 0 Å². The number of anilines is 1. The molecule has 3 rings (SSSR count). The fourth-order valence-electron chi connectivity index (χ4n) is 2.18. The van der Waals surface area contributed by atoms with Crippen LogP contribution in [0.5, 0.6) is 0 Å². The molecule has 0 saturated carbocycles. The number of halogens is 3. The van der Waals surface area contributed by atoms with Crippen LogP contribution in [-0.2, 0) is 6.54 Å². The van der Waals surface area contributed by atoms with E-state index in [1.807, 2.05) is 0 Å². The third-order valence-corrected chi connectivity index (χ3v) is 3.34. The summed E-state index contributed by atoms with van der Waals surface area (Å²) in [6.07, 6.45) is -1.30. The van der Waals surface area contributed by atoms with Crippen LogP contribution in [0.3, 0.4) is 0 Å².